The van der Waals surface area contributed by atoms with Gasteiger partial charge in [-0.25, -0.2) is 0 Å². The molecule has 0 saturated carbocycles. The Morgan fingerprint density at radius 3 is 1.71 bits per heavy atom. The highest BCUT2D eigenvalue weighted by Crippen LogP contribution is 2.44. The molecule has 0 fully saturated rings. The maximum Gasteiger partial charge on any atom is 0.0606 e. The lowest BCUT2D eigenvalue weighted by molar-refractivity contribution is -0.0516. The SMILES string of the molecule is C/C=C/C[C@@H](C)[C@@H](O)C(C(C)(C)C)C(C)(C)C. The van der Waals surface area contributed by atoms with E-state index >= 15 is 0 Å². The van der Waals surface area contributed by atoms with Crippen molar-refractivity contribution in [1.82, 2.24) is 0 Å². The molecule has 0 spiro atoms. The van der Waals surface area contributed by atoms with E-state index < -0.39 is 0 Å². The Balaban J connectivity index is 4.95. The molecule has 2 atom stereocenters. The first-order valence-corrected chi connectivity index (χ1v) is 6.81. The van der Waals surface area contributed by atoms with Crippen LogP contribution < -0.4 is 0 Å². The van der Waals surface area contributed by atoms with E-state index in [0.717, 1.165) is 6.42 Å². The van der Waals surface area contributed by atoms with Crippen LogP contribution in [0.5, 0.6) is 0 Å². The molecule has 0 aliphatic heterocycles. The van der Waals surface area contributed by atoms with Crippen LogP contribution in [-0.4, -0.2) is 11.2 Å². The maximum absolute atomic E-state index is 10.6. The molecule has 0 aromatic carbocycles. The van der Waals surface area contributed by atoms with E-state index in [9.17, 15) is 5.11 Å². The third kappa shape index (κ3) is 5.25. The van der Waals surface area contributed by atoms with Gasteiger partial charge in [0.25, 0.3) is 0 Å². The zero-order valence-electron chi connectivity index (χ0n) is 13.0. The summed E-state index contributed by atoms with van der Waals surface area (Å²) in [6.45, 7) is 17.6. The van der Waals surface area contributed by atoms with Gasteiger partial charge in [-0.1, -0.05) is 60.6 Å². The van der Waals surface area contributed by atoms with E-state index in [1.807, 2.05) is 6.92 Å². The summed E-state index contributed by atoms with van der Waals surface area (Å²) in [5.74, 6) is 0.616. The standard InChI is InChI=1S/C16H32O/c1-9-10-11-12(2)13(17)14(15(3,4)5)16(6,7)8/h9-10,12-14,17H,11H2,1-8H3/b10-9+/t12-,13-/m1/s1. The van der Waals surface area contributed by atoms with Gasteiger partial charge in [0.05, 0.1) is 6.10 Å². The second-order valence-corrected chi connectivity index (χ2v) is 7.48. The van der Waals surface area contributed by atoms with Gasteiger partial charge >= 0.3 is 0 Å². The summed E-state index contributed by atoms with van der Waals surface area (Å²) in [5, 5.41) is 10.6. The molecule has 102 valence electrons. The Morgan fingerprint density at radius 2 is 1.41 bits per heavy atom. The van der Waals surface area contributed by atoms with Gasteiger partial charge < -0.3 is 5.11 Å². The topological polar surface area (TPSA) is 20.2 Å². The average molecular weight is 240 g/mol. The third-order valence-electron chi connectivity index (χ3n) is 3.53. The predicted molar refractivity (Wildman–Crippen MR) is 77.0 cm³/mol. The average Bonchev–Trinajstić information content (AvgIpc) is 2.09. The molecular formula is C16H32O. The molecule has 0 aromatic rings. The van der Waals surface area contributed by atoms with Gasteiger partial charge in [-0.05, 0) is 36.0 Å². The molecule has 17 heavy (non-hydrogen) atoms. The third-order valence-corrected chi connectivity index (χ3v) is 3.53. The molecular weight excluding hydrogens is 208 g/mol. The van der Waals surface area contributed by atoms with Gasteiger partial charge in [0.2, 0.25) is 0 Å². The van der Waals surface area contributed by atoms with Gasteiger partial charge in [-0.3, -0.25) is 0 Å². The molecule has 0 unspecified atom stereocenters. The fraction of sp³-hybridized carbons (Fsp3) is 0.875. The molecule has 0 saturated heterocycles. The number of aliphatic hydroxyl groups is 1. The monoisotopic (exact) mass is 240 g/mol. The van der Waals surface area contributed by atoms with Gasteiger partial charge in [0.15, 0.2) is 0 Å². The normalized spacial score (nSPS) is 17.8. The fourth-order valence-electron chi connectivity index (χ4n) is 3.14. The van der Waals surface area contributed by atoms with Gasteiger partial charge in [0, 0.05) is 0 Å². The van der Waals surface area contributed by atoms with E-state index in [1.54, 1.807) is 0 Å². The summed E-state index contributed by atoms with van der Waals surface area (Å²) in [6.07, 6.45) is 4.93. The van der Waals surface area contributed by atoms with E-state index in [4.69, 9.17) is 0 Å². The zero-order valence-corrected chi connectivity index (χ0v) is 13.0. The number of hydrogen-bond donors (Lipinski definition) is 1. The molecule has 0 aliphatic rings. The Bertz CT molecular complexity index is 225. The van der Waals surface area contributed by atoms with E-state index in [2.05, 4.69) is 60.6 Å². The van der Waals surface area contributed by atoms with E-state index in [-0.39, 0.29) is 16.9 Å². The number of allylic oxidation sites excluding steroid dienone is 2. The Hall–Kier alpha value is -0.300. The fourth-order valence-corrected chi connectivity index (χ4v) is 3.14. The molecule has 0 heterocycles. The second kappa shape index (κ2) is 6.04. The molecule has 1 N–H and O–H groups in total. The van der Waals surface area contributed by atoms with Gasteiger partial charge in [-0.2, -0.15) is 0 Å². The minimum absolute atomic E-state index is 0.127. The molecule has 0 aromatic heterocycles. The summed E-state index contributed by atoms with van der Waals surface area (Å²) < 4.78 is 0. The molecule has 0 amide bonds. The molecule has 1 nitrogen and oxygen atoms in total. The van der Waals surface area contributed by atoms with Crippen molar-refractivity contribution in [3.63, 3.8) is 0 Å². The first-order chi connectivity index (χ1) is 7.51. The van der Waals surface area contributed by atoms with Crippen LogP contribution in [-0.2, 0) is 0 Å². The van der Waals surface area contributed by atoms with Gasteiger partial charge in [0.1, 0.15) is 0 Å². The Morgan fingerprint density at radius 1 is 1.00 bits per heavy atom. The number of hydrogen-bond acceptors (Lipinski definition) is 1. The second-order valence-electron chi connectivity index (χ2n) is 7.48. The lowest BCUT2D eigenvalue weighted by atomic mass is 9.62. The zero-order chi connectivity index (χ0) is 13.9. The van der Waals surface area contributed by atoms with E-state index in [1.165, 1.54) is 0 Å². The molecule has 0 aliphatic carbocycles. The van der Waals surface area contributed by atoms with Crippen LogP contribution in [0.4, 0.5) is 0 Å². The number of aliphatic hydroxyl groups excluding tert-OH is 1. The summed E-state index contributed by atoms with van der Waals surface area (Å²) in [5.41, 5.74) is 0.254. The van der Waals surface area contributed by atoms with Gasteiger partial charge in [-0.15, -0.1) is 0 Å². The summed E-state index contributed by atoms with van der Waals surface area (Å²) in [7, 11) is 0. The quantitative estimate of drug-likeness (QED) is 0.709. The number of rotatable bonds is 4. The Kier molecular flexibility index (Phi) is 5.93. The van der Waals surface area contributed by atoms with Crippen molar-refractivity contribution < 1.29 is 5.11 Å². The van der Waals surface area contributed by atoms with E-state index in [0.29, 0.717) is 11.8 Å². The Labute approximate surface area is 108 Å². The van der Waals surface area contributed by atoms with Crippen LogP contribution in [0.1, 0.15) is 61.8 Å². The van der Waals surface area contributed by atoms with Crippen molar-refractivity contribution >= 4 is 0 Å². The molecule has 0 rings (SSSR count). The largest absolute Gasteiger partial charge is 0.393 e. The van der Waals surface area contributed by atoms with Crippen LogP contribution in [0.15, 0.2) is 12.2 Å². The van der Waals surface area contributed by atoms with Crippen molar-refractivity contribution in [3.8, 4) is 0 Å². The molecule has 0 bridgehead atoms. The summed E-state index contributed by atoms with van der Waals surface area (Å²) in [4.78, 5) is 0. The van der Waals surface area contributed by atoms with Crippen molar-refractivity contribution in [2.75, 3.05) is 0 Å². The minimum Gasteiger partial charge on any atom is -0.393 e. The van der Waals surface area contributed by atoms with Crippen molar-refractivity contribution in [2.45, 2.75) is 67.9 Å². The van der Waals surface area contributed by atoms with Crippen molar-refractivity contribution in [1.29, 1.82) is 0 Å². The van der Waals surface area contributed by atoms with Crippen molar-refractivity contribution in [2.24, 2.45) is 22.7 Å². The summed E-state index contributed by atoms with van der Waals surface area (Å²) in [6, 6.07) is 0. The molecule has 1 heteroatoms. The predicted octanol–water partition coefficient (Wildman–Crippen LogP) is 4.66. The smallest absolute Gasteiger partial charge is 0.0606 e. The molecule has 0 radical (unpaired) electrons. The minimum atomic E-state index is -0.244. The maximum atomic E-state index is 10.6. The lowest BCUT2D eigenvalue weighted by Crippen LogP contribution is -2.44. The summed E-state index contributed by atoms with van der Waals surface area (Å²) >= 11 is 0. The van der Waals surface area contributed by atoms with Crippen LogP contribution >= 0.6 is 0 Å². The van der Waals surface area contributed by atoms with Crippen LogP contribution in [0.25, 0.3) is 0 Å². The highest BCUT2D eigenvalue weighted by Gasteiger charge is 2.41. The first-order valence-electron chi connectivity index (χ1n) is 6.81. The van der Waals surface area contributed by atoms with Crippen LogP contribution in [0.3, 0.4) is 0 Å². The van der Waals surface area contributed by atoms with Crippen molar-refractivity contribution in [3.05, 3.63) is 12.2 Å². The van der Waals surface area contributed by atoms with Crippen LogP contribution in [0, 0.1) is 22.7 Å². The van der Waals surface area contributed by atoms with Crippen LogP contribution in [0.2, 0.25) is 0 Å². The first kappa shape index (κ1) is 16.7. The highest BCUT2D eigenvalue weighted by atomic mass is 16.3. The lowest BCUT2D eigenvalue weighted by Gasteiger charge is -2.45. The highest BCUT2D eigenvalue weighted by molar-refractivity contribution is 4.92.